The zero-order valence-electron chi connectivity index (χ0n) is 12.2. The Labute approximate surface area is 119 Å². The van der Waals surface area contributed by atoms with Crippen molar-refractivity contribution in [3.63, 3.8) is 0 Å². The Bertz CT molecular complexity index is 572. The highest BCUT2D eigenvalue weighted by Crippen LogP contribution is 2.18. The van der Waals surface area contributed by atoms with Gasteiger partial charge in [-0.25, -0.2) is 4.98 Å². The molecule has 0 spiro atoms. The summed E-state index contributed by atoms with van der Waals surface area (Å²) in [5.74, 6) is 1.76. The van der Waals surface area contributed by atoms with E-state index in [1.807, 2.05) is 11.4 Å². The molecule has 1 aliphatic heterocycles. The summed E-state index contributed by atoms with van der Waals surface area (Å²) in [6.07, 6.45) is 5.44. The van der Waals surface area contributed by atoms with E-state index < -0.39 is 0 Å². The first-order valence-corrected chi connectivity index (χ1v) is 7.43. The minimum Gasteiger partial charge on any atom is -0.355 e. The van der Waals surface area contributed by atoms with Crippen LogP contribution in [0.5, 0.6) is 0 Å². The lowest BCUT2D eigenvalue weighted by atomic mass is 10.0. The van der Waals surface area contributed by atoms with E-state index in [1.54, 1.807) is 6.33 Å². The minimum atomic E-state index is 0.566. The van der Waals surface area contributed by atoms with Gasteiger partial charge in [0.15, 0.2) is 0 Å². The maximum absolute atomic E-state index is 4.41. The fourth-order valence-corrected chi connectivity index (χ4v) is 2.87. The fraction of sp³-hybridized carbons (Fsp3) is 0.643. The van der Waals surface area contributed by atoms with Crippen molar-refractivity contribution in [2.24, 2.45) is 0 Å². The van der Waals surface area contributed by atoms with E-state index in [4.69, 9.17) is 0 Å². The molecule has 0 bridgehead atoms. The molecule has 1 fully saturated rings. The third-order valence-corrected chi connectivity index (χ3v) is 3.92. The van der Waals surface area contributed by atoms with Gasteiger partial charge in [0.1, 0.15) is 12.1 Å². The summed E-state index contributed by atoms with van der Waals surface area (Å²) in [7, 11) is 0. The summed E-state index contributed by atoms with van der Waals surface area (Å²) in [6.45, 7) is 7.29. The van der Waals surface area contributed by atoms with E-state index in [-0.39, 0.29) is 0 Å². The van der Waals surface area contributed by atoms with Gasteiger partial charge in [0.2, 0.25) is 0 Å². The first-order valence-electron chi connectivity index (χ1n) is 7.43. The molecule has 0 aromatic carbocycles. The molecule has 1 saturated heterocycles. The largest absolute Gasteiger partial charge is 0.355 e. The number of rotatable bonds is 4. The van der Waals surface area contributed by atoms with Crippen LogP contribution in [-0.4, -0.2) is 45.3 Å². The van der Waals surface area contributed by atoms with Crippen LogP contribution in [0, 0.1) is 6.92 Å². The van der Waals surface area contributed by atoms with Gasteiger partial charge in [0.05, 0.1) is 0 Å². The van der Waals surface area contributed by atoms with Crippen LogP contribution < -0.4 is 10.2 Å². The maximum atomic E-state index is 4.41. The highest BCUT2D eigenvalue weighted by molar-refractivity contribution is 5.47. The monoisotopic (exact) mass is 274 g/mol. The van der Waals surface area contributed by atoms with Gasteiger partial charge in [0, 0.05) is 30.9 Å². The number of hydrogen-bond acceptors (Lipinski definition) is 5. The topological polar surface area (TPSA) is 58.3 Å². The molecular weight excluding hydrogens is 252 g/mol. The Balaban J connectivity index is 1.88. The van der Waals surface area contributed by atoms with Crippen molar-refractivity contribution >= 4 is 11.6 Å². The third-order valence-electron chi connectivity index (χ3n) is 3.92. The summed E-state index contributed by atoms with van der Waals surface area (Å²) < 4.78 is 1.83. The number of likely N-dealkylation sites (N-methyl/N-ethyl adjacent to an activating group) is 1. The highest BCUT2D eigenvalue weighted by atomic mass is 15.4. The lowest BCUT2D eigenvalue weighted by Gasteiger charge is -2.31. The number of anilines is 1. The van der Waals surface area contributed by atoms with E-state index in [2.05, 4.69) is 38.3 Å². The standard InChI is InChI=1S/C14H22N6/c1-3-19(9-12-6-4-5-7-15-12)13-8-11(2)18-14-16-10-17-20(13)14/h8,10,12,15H,3-7,9H2,1-2H3. The molecule has 108 valence electrons. The molecule has 2 aromatic heterocycles. The summed E-state index contributed by atoms with van der Waals surface area (Å²) in [4.78, 5) is 11.0. The Morgan fingerprint density at radius 1 is 1.45 bits per heavy atom. The number of hydrogen-bond donors (Lipinski definition) is 1. The van der Waals surface area contributed by atoms with Crippen molar-refractivity contribution in [3.8, 4) is 0 Å². The maximum Gasteiger partial charge on any atom is 0.254 e. The second-order valence-electron chi connectivity index (χ2n) is 5.41. The van der Waals surface area contributed by atoms with Gasteiger partial charge >= 0.3 is 0 Å². The van der Waals surface area contributed by atoms with Gasteiger partial charge in [-0.1, -0.05) is 6.42 Å². The van der Waals surface area contributed by atoms with E-state index in [1.165, 1.54) is 19.3 Å². The SMILES string of the molecule is CCN(CC1CCCCN1)c1cc(C)nc2ncnn12. The van der Waals surface area contributed by atoms with Crippen molar-refractivity contribution in [2.45, 2.75) is 39.2 Å². The number of fused-ring (bicyclic) bond motifs is 1. The van der Waals surface area contributed by atoms with Gasteiger partial charge in [-0.2, -0.15) is 14.6 Å². The first kappa shape index (κ1) is 13.3. The van der Waals surface area contributed by atoms with Crippen LogP contribution in [0.3, 0.4) is 0 Å². The van der Waals surface area contributed by atoms with Crippen LogP contribution in [0.25, 0.3) is 5.78 Å². The van der Waals surface area contributed by atoms with Gasteiger partial charge in [0.25, 0.3) is 5.78 Å². The molecule has 1 aliphatic rings. The van der Waals surface area contributed by atoms with E-state index >= 15 is 0 Å². The van der Waals surface area contributed by atoms with E-state index in [0.717, 1.165) is 31.1 Å². The molecule has 0 aliphatic carbocycles. The zero-order valence-corrected chi connectivity index (χ0v) is 12.2. The Morgan fingerprint density at radius 3 is 3.10 bits per heavy atom. The molecule has 0 radical (unpaired) electrons. The molecule has 6 nitrogen and oxygen atoms in total. The van der Waals surface area contributed by atoms with Crippen LogP contribution in [0.4, 0.5) is 5.82 Å². The Kier molecular flexibility index (Phi) is 3.82. The van der Waals surface area contributed by atoms with E-state index in [0.29, 0.717) is 11.8 Å². The van der Waals surface area contributed by atoms with Crippen LogP contribution in [0.2, 0.25) is 0 Å². The smallest absolute Gasteiger partial charge is 0.254 e. The average molecular weight is 274 g/mol. The number of nitrogens with one attached hydrogen (secondary N) is 1. The number of piperidine rings is 1. The molecule has 3 rings (SSSR count). The number of aromatic nitrogens is 4. The van der Waals surface area contributed by atoms with Crippen molar-refractivity contribution < 1.29 is 0 Å². The molecule has 1 N–H and O–H groups in total. The molecule has 3 heterocycles. The average Bonchev–Trinajstić information content (AvgIpc) is 2.93. The second kappa shape index (κ2) is 5.75. The predicted molar refractivity (Wildman–Crippen MR) is 79.0 cm³/mol. The highest BCUT2D eigenvalue weighted by Gasteiger charge is 2.18. The molecule has 0 saturated carbocycles. The van der Waals surface area contributed by atoms with Crippen molar-refractivity contribution in [3.05, 3.63) is 18.1 Å². The molecule has 1 atom stereocenters. The van der Waals surface area contributed by atoms with Gasteiger partial charge in [-0.15, -0.1) is 0 Å². The summed E-state index contributed by atoms with van der Waals surface area (Å²) in [5, 5.41) is 7.91. The van der Waals surface area contributed by atoms with Crippen LogP contribution in [0.1, 0.15) is 31.9 Å². The lowest BCUT2D eigenvalue weighted by Crippen LogP contribution is -2.44. The predicted octanol–water partition coefficient (Wildman–Crippen LogP) is 1.40. The van der Waals surface area contributed by atoms with E-state index in [9.17, 15) is 0 Å². The first-order chi connectivity index (χ1) is 9.78. The molecule has 2 aromatic rings. The summed E-state index contributed by atoms with van der Waals surface area (Å²) >= 11 is 0. The van der Waals surface area contributed by atoms with Crippen LogP contribution in [0.15, 0.2) is 12.4 Å². The fourth-order valence-electron chi connectivity index (χ4n) is 2.87. The van der Waals surface area contributed by atoms with Crippen molar-refractivity contribution in [2.75, 3.05) is 24.5 Å². The molecule has 0 amide bonds. The Hall–Kier alpha value is -1.69. The molecular formula is C14H22N6. The van der Waals surface area contributed by atoms with Gasteiger partial charge < -0.3 is 10.2 Å². The quantitative estimate of drug-likeness (QED) is 0.913. The summed E-state index contributed by atoms with van der Waals surface area (Å²) in [5.41, 5.74) is 0.982. The molecule has 20 heavy (non-hydrogen) atoms. The third kappa shape index (κ3) is 2.60. The van der Waals surface area contributed by atoms with Crippen LogP contribution >= 0.6 is 0 Å². The Morgan fingerprint density at radius 2 is 2.35 bits per heavy atom. The van der Waals surface area contributed by atoms with Gasteiger partial charge in [-0.3, -0.25) is 0 Å². The van der Waals surface area contributed by atoms with Gasteiger partial charge in [-0.05, 0) is 33.2 Å². The van der Waals surface area contributed by atoms with Crippen LogP contribution in [-0.2, 0) is 0 Å². The number of nitrogens with zero attached hydrogens (tertiary/aromatic N) is 5. The minimum absolute atomic E-state index is 0.566. The lowest BCUT2D eigenvalue weighted by molar-refractivity contribution is 0.399. The normalized spacial score (nSPS) is 19.4. The molecule has 6 heteroatoms. The second-order valence-corrected chi connectivity index (χ2v) is 5.41. The van der Waals surface area contributed by atoms with Crippen molar-refractivity contribution in [1.82, 2.24) is 24.9 Å². The molecule has 1 unspecified atom stereocenters. The summed E-state index contributed by atoms with van der Waals surface area (Å²) in [6, 6.07) is 2.66. The van der Waals surface area contributed by atoms with Crippen molar-refractivity contribution in [1.29, 1.82) is 0 Å². The number of aryl methyl sites for hydroxylation is 1. The zero-order chi connectivity index (χ0) is 13.9.